The van der Waals surface area contributed by atoms with Gasteiger partial charge in [0.1, 0.15) is 11.8 Å². The lowest BCUT2D eigenvalue weighted by atomic mass is 9.93. The van der Waals surface area contributed by atoms with Crippen LogP contribution in [0, 0.1) is 16.0 Å². The van der Waals surface area contributed by atoms with Crippen molar-refractivity contribution >= 4 is 5.82 Å². The van der Waals surface area contributed by atoms with E-state index < -0.39 is 4.92 Å². The van der Waals surface area contributed by atoms with Gasteiger partial charge in [0.05, 0.1) is 6.54 Å². The van der Waals surface area contributed by atoms with Gasteiger partial charge in [0.15, 0.2) is 0 Å². The van der Waals surface area contributed by atoms with Gasteiger partial charge in [0, 0.05) is 4.98 Å². The zero-order valence-electron chi connectivity index (χ0n) is 8.93. The van der Waals surface area contributed by atoms with Crippen LogP contribution in [-0.4, -0.2) is 20.1 Å². The van der Waals surface area contributed by atoms with Gasteiger partial charge in [-0.1, -0.05) is 13.8 Å². The van der Waals surface area contributed by atoms with E-state index in [9.17, 15) is 10.1 Å². The van der Waals surface area contributed by atoms with E-state index in [2.05, 4.69) is 18.8 Å². The number of nitro groups is 1. The van der Waals surface area contributed by atoms with E-state index >= 15 is 0 Å². The zero-order chi connectivity index (χ0) is 11.2. The van der Waals surface area contributed by atoms with Crippen molar-refractivity contribution in [3.63, 3.8) is 0 Å². The summed E-state index contributed by atoms with van der Waals surface area (Å²) in [4.78, 5) is 13.8. The first kappa shape index (κ1) is 9.95. The number of aromatic nitrogens is 2. The van der Waals surface area contributed by atoms with E-state index in [0.717, 1.165) is 0 Å². The second kappa shape index (κ2) is 2.95. The standard InChI is InChI=1S/C9H13N3O3/c1-6(2)9(3)5-11-4-7(12(13)14)10-8(11)15-9/h4,6H,5H2,1-3H3. The highest BCUT2D eigenvalue weighted by Crippen LogP contribution is 2.34. The zero-order valence-corrected chi connectivity index (χ0v) is 8.93. The van der Waals surface area contributed by atoms with E-state index in [1.54, 1.807) is 4.57 Å². The van der Waals surface area contributed by atoms with Crippen LogP contribution < -0.4 is 4.74 Å². The molecule has 1 aromatic heterocycles. The topological polar surface area (TPSA) is 70.2 Å². The van der Waals surface area contributed by atoms with Gasteiger partial charge in [-0.15, -0.1) is 0 Å². The number of hydrogen-bond donors (Lipinski definition) is 0. The molecule has 0 spiro atoms. The molecule has 1 aliphatic heterocycles. The van der Waals surface area contributed by atoms with E-state index in [-0.39, 0.29) is 11.4 Å². The molecular formula is C9H13N3O3. The fraction of sp³-hybridized carbons (Fsp3) is 0.667. The largest absolute Gasteiger partial charge is 0.437 e. The predicted molar refractivity (Wildman–Crippen MR) is 52.8 cm³/mol. The highest BCUT2D eigenvalue weighted by atomic mass is 16.6. The highest BCUT2D eigenvalue weighted by molar-refractivity contribution is 5.23. The van der Waals surface area contributed by atoms with Crippen LogP contribution in [0.5, 0.6) is 6.01 Å². The third kappa shape index (κ3) is 1.45. The third-order valence-electron chi connectivity index (χ3n) is 2.94. The Kier molecular flexibility index (Phi) is 1.95. The maximum Gasteiger partial charge on any atom is 0.415 e. The van der Waals surface area contributed by atoms with Crippen molar-refractivity contribution in [3.05, 3.63) is 16.3 Å². The van der Waals surface area contributed by atoms with E-state index in [0.29, 0.717) is 18.5 Å². The van der Waals surface area contributed by atoms with Crippen molar-refractivity contribution < 1.29 is 9.66 Å². The summed E-state index contributed by atoms with van der Waals surface area (Å²) < 4.78 is 7.33. The molecule has 0 fully saturated rings. The van der Waals surface area contributed by atoms with Crippen molar-refractivity contribution in [2.24, 2.45) is 5.92 Å². The Hall–Kier alpha value is -1.59. The molecule has 0 aliphatic carbocycles. The van der Waals surface area contributed by atoms with Crippen LogP contribution in [0.1, 0.15) is 20.8 Å². The maximum absolute atomic E-state index is 10.5. The Morgan fingerprint density at radius 3 is 2.87 bits per heavy atom. The van der Waals surface area contributed by atoms with Crippen molar-refractivity contribution in [1.29, 1.82) is 0 Å². The summed E-state index contributed by atoms with van der Waals surface area (Å²) in [5.41, 5.74) is -0.308. The minimum Gasteiger partial charge on any atom is -0.437 e. The number of nitrogens with zero attached hydrogens (tertiary/aromatic N) is 3. The maximum atomic E-state index is 10.5. The van der Waals surface area contributed by atoms with Gasteiger partial charge < -0.3 is 14.9 Å². The monoisotopic (exact) mass is 211 g/mol. The summed E-state index contributed by atoms with van der Waals surface area (Å²) in [5, 5.41) is 10.5. The number of rotatable bonds is 2. The van der Waals surface area contributed by atoms with E-state index in [1.165, 1.54) is 6.20 Å². The average Bonchev–Trinajstić information content (AvgIpc) is 2.59. The molecule has 6 heteroatoms. The second-order valence-electron chi connectivity index (χ2n) is 4.34. The van der Waals surface area contributed by atoms with Crippen LogP contribution in [0.4, 0.5) is 5.82 Å². The summed E-state index contributed by atoms with van der Waals surface area (Å²) >= 11 is 0. The molecular weight excluding hydrogens is 198 g/mol. The van der Waals surface area contributed by atoms with Crippen molar-refractivity contribution in [1.82, 2.24) is 9.55 Å². The van der Waals surface area contributed by atoms with Gasteiger partial charge in [-0.05, 0) is 17.8 Å². The average molecular weight is 211 g/mol. The summed E-state index contributed by atoms with van der Waals surface area (Å²) in [6.45, 7) is 6.71. The molecule has 6 nitrogen and oxygen atoms in total. The first-order chi connectivity index (χ1) is 6.92. The van der Waals surface area contributed by atoms with Crippen LogP contribution in [-0.2, 0) is 6.54 Å². The molecule has 0 bridgehead atoms. The highest BCUT2D eigenvalue weighted by Gasteiger charge is 2.42. The molecule has 0 N–H and O–H groups in total. The lowest BCUT2D eigenvalue weighted by Crippen LogP contribution is -2.37. The van der Waals surface area contributed by atoms with Crippen molar-refractivity contribution in [2.75, 3.05) is 0 Å². The summed E-state index contributed by atoms with van der Waals surface area (Å²) in [6.07, 6.45) is 1.42. The number of fused-ring (bicyclic) bond motifs is 1. The number of hydrogen-bond acceptors (Lipinski definition) is 4. The van der Waals surface area contributed by atoms with E-state index in [1.807, 2.05) is 6.92 Å². The molecule has 2 heterocycles. The lowest BCUT2D eigenvalue weighted by Gasteiger charge is -2.25. The Balaban J connectivity index is 2.27. The van der Waals surface area contributed by atoms with Gasteiger partial charge in [0.2, 0.25) is 0 Å². The Morgan fingerprint density at radius 1 is 1.73 bits per heavy atom. The predicted octanol–water partition coefficient (Wildman–Crippen LogP) is 1.60. The first-order valence-corrected chi connectivity index (χ1v) is 4.83. The number of imidazole rings is 1. The molecule has 0 aromatic carbocycles. The van der Waals surface area contributed by atoms with Crippen LogP contribution in [0.2, 0.25) is 0 Å². The lowest BCUT2D eigenvalue weighted by molar-refractivity contribution is -0.389. The van der Waals surface area contributed by atoms with Gasteiger partial charge in [0.25, 0.3) is 0 Å². The van der Waals surface area contributed by atoms with Crippen LogP contribution in [0.25, 0.3) is 0 Å². The molecule has 0 radical (unpaired) electrons. The van der Waals surface area contributed by atoms with Gasteiger partial charge in [-0.2, -0.15) is 0 Å². The SMILES string of the molecule is CC(C)C1(C)Cn2cc([N+](=O)[O-])nc2O1. The molecule has 1 aromatic rings. The molecule has 0 saturated carbocycles. The van der Waals surface area contributed by atoms with Gasteiger partial charge in [-0.25, -0.2) is 0 Å². The van der Waals surface area contributed by atoms with Crippen LogP contribution in [0.15, 0.2) is 6.20 Å². The molecule has 1 unspecified atom stereocenters. The molecule has 82 valence electrons. The van der Waals surface area contributed by atoms with Gasteiger partial charge >= 0.3 is 11.8 Å². The molecule has 2 rings (SSSR count). The quantitative estimate of drug-likeness (QED) is 0.550. The Morgan fingerprint density at radius 2 is 2.40 bits per heavy atom. The van der Waals surface area contributed by atoms with Gasteiger partial charge in [-0.3, -0.25) is 4.57 Å². The number of ether oxygens (including phenoxy) is 1. The minimum atomic E-state index is -0.513. The van der Waals surface area contributed by atoms with Crippen LogP contribution in [0.3, 0.4) is 0 Å². The normalized spacial score (nSPS) is 24.0. The smallest absolute Gasteiger partial charge is 0.415 e. The van der Waals surface area contributed by atoms with E-state index in [4.69, 9.17) is 4.74 Å². The Bertz CT molecular complexity index is 387. The second-order valence-corrected chi connectivity index (χ2v) is 4.34. The third-order valence-corrected chi connectivity index (χ3v) is 2.94. The molecule has 0 saturated heterocycles. The molecule has 1 atom stereocenters. The molecule has 15 heavy (non-hydrogen) atoms. The summed E-state index contributed by atoms with van der Waals surface area (Å²) in [7, 11) is 0. The Labute approximate surface area is 87.0 Å². The molecule has 1 aliphatic rings. The first-order valence-electron chi connectivity index (χ1n) is 4.83. The summed E-state index contributed by atoms with van der Waals surface area (Å²) in [5.74, 6) is 0.175. The molecule has 0 amide bonds. The van der Waals surface area contributed by atoms with Crippen molar-refractivity contribution in [2.45, 2.75) is 32.9 Å². The minimum absolute atomic E-state index is 0.157. The fourth-order valence-electron chi connectivity index (χ4n) is 1.55. The van der Waals surface area contributed by atoms with Crippen molar-refractivity contribution in [3.8, 4) is 6.01 Å². The summed E-state index contributed by atoms with van der Waals surface area (Å²) in [6, 6.07) is 0.345. The fourth-order valence-corrected chi connectivity index (χ4v) is 1.55. The van der Waals surface area contributed by atoms with Crippen LogP contribution >= 0.6 is 0 Å².